The van der Waals surface area contributed by atoms with Crippen LogP contribution in [-0.4, -0.2) is 25.2 Å². The molecule has 0 bridgehead atoms. The topological polar surface area (TPSA) is 76.8 Å². The number of hydrogen-bond donors (Lipinski definition) is 2. The van der Waals surface area contributed by atoms with Crippen LogP contribution < -0.4 is 25.6 Å². The summed E-state index contributed by atoms with van der Waals surface area (Å²) in [4.78, 5) is 12.0. The molecule has 0 atom stereocenters. The highest BCUT2D eigenvalue weighted by molar-refractivity contribution is 7.80. The Hall–Kier alpha value is -1.73. The number of thiocarbonyl (C=S) groups is 1. The molecule has 0 aliphatic rings. The summed E-state index contributed by atoms with van der Waals surface area (Å²) in [6.07, 6.45) is 0.339. The van der Waals surface area contributed by atoms with E-state index in [0.29, 0.717) is 28.6 Å². The van der Waals surface area contributed by atoms with E-state index >= 15 is 0 Å². The van der Waals surface area contributed by atoms with Crippen molar-refractivity contribution in [3.63, 3.8) is 0 Å². The van der Waals surface area contributed by atoms with Crippen LogP contribution in [0.2, 0.25) is 5.02 Å². The zero-order valence-corrected chi connectivity index (χ0v) is 14.5. The standard InChI is InChI=1S/C14H20ClN3O3S/c1-8(2)5-13(19)17-18(14(16)22)10-7-11(20-3)9(15)6-12(10)21-4/h6-8H,5H2,1-4H3,(H2,16,22)(H,17,19). The molecule has 3 N–H and O–H groups in total. The molecule has 122 valence electrons. The molecule has 1 aromatic rings. The van der Waals surface area contributed by atoms with Crippen molar-refractivity contribution in [2.45, 2.75) is 20.3 Å². The van der Waals surface area contributed by atoms with E-state index in [1.165, 1.54) is 19.2 Å². The number of hydrogen-bond acceptors (Lipinski definition) is 4. The lowest BCUT2D eigenvalue weighted by Gasteiger charge is -2.26. The Morgan fingerprint density at radius 1 is 1.36 bits per heavy atom. The molecule has 0 heterocycles. The summed E-state index contributed by atoms with van der Waals surface area (Å²) in [7, 11) is 2.97. The minimum Gasteiger partial charge on any atom is -0.495 e. The molecule has 0 unspecified atom stereocenters. The monoisotopic (exact) mass is 345 g/mol. The van der Waals surface area contributed by atoms with E-state index in [1.54, 1.807) is 12.1 Å². The summed E-state index contributed by atoms with van der Waals surface area (Å²) >= 11 is 11.1. The molecule has 1 rings (SSSR count). The first-order chi connectivity index (χ1) is 10.3. The van der Waals surface area contributed by atoms with Crippen LogP contribution in [0, 0.1) is 5.92 Å². The maximum atomic E-state index is 12.0. The predicted octanol–water partition coefficient (Wildman–Crippen LogP) is 2.48. The van der Waals surface area contributed by atoms with Crippen LogP contribution in [0.1, 0.15) is 20.3 Å². The summed E-state index contributed by atoms with van der Waals surface area (Å²) in [6, 6.07) is 3.16. The van der Waals surface area contributed by atoms with Gasteiger partial charge < -0.3 is 15.2 Å². The number of anilines is 1. The number of nitrogens with one attached hydrogen (secondary N) is 1. The van der Waals surface area contributed by atoms with E-state index in [-0.39, 0.29) is 16.9 Å². The van der Waals surface area contributed by atoms with Gasteiger partial charge in [0.1, 0.15) is 17.2 Å². The number of benzene rings is 1. The van der Waals surface area contributed by atoms with E-state index in [2.05, 4.69) is 5.43 Å². The molecule has 0 aliphatic heterocycles. The van der Waals surface area contributed by atoms with Crippen molar-refractivity contribution < 1.29 is 14.3 Å². The average molecular weight is 346 g/mol. The van der Waals surface area contributed by atoms with Gasteiger partial charge in [-0.05, 0) is 18.1 Å². The van der Waals surface area contributed by atoms with Crippen molar-refractivity contribution in [2.24, 2.45) is 11.7 Å². The van der Waals surface area contributed by atoms with E-state index in [1.807, 2.05) is 13.8 Å². The van der Waals surface area contributed by atoms with Gasteiger partial charge >= 0.3 is 0 Å². The first kappa shape index (κ1) is 18.3. The number of hydrazine groups is 1. The van der Waals surface area contributed by atoms with Gasteiger partial charge in [0, 0.05) is 18.6 Å². The summed E-state index contributed by atoms with van der Waals surface area (Å²) in [6.45, 7) is 3.88. The van der Waals surface area contributed by atoms with Gasteiger partial charge in [0.25, 0.3) is 0 Å². The lowest BCUT2D eigenvalue weighted by molar-refractivity contribution is -0.121. The number of ether oxygens (including phenoxy) is 2. The van der Waals surface area contributed by atoms with Crippen LogP contribution in [0.3, 0.4) is 0 Å². The summed E-state index contributed by atoms with van der Waals surface area (Å²) in [5.41, 5.74) is 8.81. The van der Waals surface area contributed by atoms with Gasteiger partial charge in [-0.2, -0.15) is 0 Å². The summed E-state index contributed by atoms with van der Waals surface area (Å²) < 4.78 is 10.4. The van der Waals surface area contributed by atoms with Crippen molar-refractivity contribution in [2.75, 3.05) is 19.2 Å². The van der Waals surface area contributed by atoms with Crippen LogP contribution in [0.15, 0.2) is 12.1 Å². The highest BCUT2D eigenvalue weighted by Gasteiger charge is 2.20. The Labute approximate surface area is 140 Å². The quantitative estimate of drug-likeness (QED) is 0.630. The number of nitrogens with zero attached hydrogens (tertiary/aromatic N) is 1. The van der Waals surface area contributed by atoms with Crippen LogP contribution in [0.5, 0.6) is 11.5 Å². The first-order valence-corrected chi connectivity index (χ1v) is 7.39. The number of carbonyl (C=O) groups excluding carboxylic acids is 1. The molecule has 8 heteroatoms. The third-order valence-corrected chi connectivity index (χ3v) is 3.22. The fourth-order valence-electron chi connectivity index (χ4n) is 1.79. The Kier molecular flexibility index (Phi) is 6.70. The molecule has 0 radical (unpaired) electrons. The van der Waals surface area contributed by atoms with Gasteiger partial charge in [-0.1, -0.05) is 25.4 Å². The zero-order valence-electron chi connectivity index (χ0n) is 13.0. The van der Waals surface area contributed by atoms with Gasteiger partial charge in [0.05, 0.1) is 19.2 Å². The number of halogens is 1. The number of nitrogens with two attached hydrogens (primary N) is 1. The predicted molar refractivity (Wildman–Crippen MR) is 91.4 cm³/mol. The Morgan fingerprint density at radius 2 is 1.95 bits per heavy atom. The van der Waals surface area contributed by atoms with Crippen LogP contribution in [0.25, 0.3) is 0 Å². The van der Waals surface area contributed by atoms with Crippen LogP contribution in [-0.2, 0) is 4.79 Å². The van der Waals surface area contributed by atoms with Gasteiger partial charge in [0.15, 0.2) is 5.11 Å². The van der Waals surface area contributed by atoms with Crippen molar-refractivity contribution in [3.8, 4) is 11.5 Å². The normalized spacial score (nSPS) is 10.3. The van der Waals surface area contributed by atoms with E-state index in [0.717, 1.165) is 0 Å². The molecular formula is C14H20ClN3O3S. The second-order valence-corrected chi connectivity index (χ2v) is 5.79. The highest BCUT2D eigenvalue weighted by atomic mass is 35.5. The van der Waals surface area contributed by atoms with Crippen LogP contribution in [0.4, 0.5) is 5.69 Å². The molecule has 0 spiro atoms. The molecule has 0 aromatic heterocycles. The van der Waals surface area contributed by atoms with Crippen molar-refractivity contribution in [1.82, 2.24) is 5.43 Å². The SMILES string of the molecule is COc1cc(N(NC(=O)CC(C)C)C(N)=S)c(OC)cc1Cl. The molecular weight excluding hydrogens is 326 g/mol. The molecule has 22 heavy (non-hydrogen) atoms. The molecule has 1 amide bonds. The third kappa shape index (κ3) is 4.64. The molecule has 0 fully saturated rings. The Bertz CT molecular complexity index is 567. The molecule has 6 nitrogen and oxygen atoms in total. The summed E-state index contributed by atoms with van der Waals surface area (Å²) in [5, 5.41) is 1.62. The largest absolute Gasteiger partial charge is 0.495 e. The van der Waals surface area contributed by atoms with E-state index in [9.17, 15) is 4.79 Å². The lowest BCUT2D eigenvalue weighted by atomic mass is 10.1. The highest BCUT2D eigenvalue weighted by Crippen LogP contribution is 2.37. The maximum absolute atomic E-state index is 12.0. The third-order valence-electron chi connectivity index (χ3n) is 2.74. The summed E-state index contributed by atoms with van der Waals surface area (Å²) in [5.74, 6) is 0.814. The fourth-order valence-corrected chi connectivity index (χ4v) is 2.17. The second kappa shape index (κ2) is 8.05. The van der Waals surface area contributed by atoms with E-state index < -0.39 is 0 Å². The average Bonchev–Trinajstić information content (AvgIpc) is 2.43. The number of methoxy groups -OCH3 is 2. The lowest BCUT2D eigenvalue weighted by Crippen LogP contribution is -2.49. The first-order valence-electron chi connectivity index (χ1n) is 6.60. The van der Waals surface area contributed by atoms with Crippen molar-refractivity contribution in [1.29, 1.82) is 0 Å². The second-order valence-electron chi connectivity index (χ2n) is 4.97. The van der Waals surface area contributed by atoms with E-state index in [4.69, 9.17) is 39.0 Å². The number of carbonyl (C=O) groups is 1. The van der Waals surface area contributed by atoms with Crippen LogP contribution >= 0.6 is 23.8 Å². The number of rotatable bonds is 5. The maximum Gasteiger partial charge on any atom is 0.239 e. The molecule has 0 saturated carbocycles. The Morgan fingerprint density at radius 3 is 2.41 bits per heavy atom. The molecule has 0 aliphatic carbocycles. The zero-order chi connectivity index (χ0) is 16.9. The van der Waals surface area contributed by atoms with Gasteiger partial charge in [0.2, 0.25) is 5.91 Å². The molecule has 0 saturated heterocycles. The molecule has 1 aromatic carbocycles. The Balaban J connectivity index is 3.20. The smallest absolute Gasteiger partial charge is 0.239 e. The van der Waals surface area contributed by atoms with Gasteiger partial charge in [-0.15, -0.1) is 0 Å². The minimum absolute atomic E-state index is 0.0280. The van der Waals surface area contributed by atoms with Gasteiger partial charge in [-0.25, -0.2) is 5.01 Å². The van der Waals surface area contributed by atoms with Crippen molar-refractivity contribution >= 4 is 40.5 Å². The number of amides is 1. The van der Waals surface area contributed by atoms with Crippen molar-refractivity contribution in [3.05, 3.63) is 17.2 Å². The fraction of sp³-hybridized carbons (Fsp3) is 0.429. The van der Waals surface area contributed by atoms with Gasteiger partial charge in [-0.3, -0.25) is 10.2 Å². The minimum atomic E-state index is -0.209.